The van der Waals surface area contributed by atoms with E-state index in [9.17, 15) is 0 Å². The minimum Gasteiger partial charge on any atom is -0.283 e. The monoisotopic (exact) mass is 784 g/mol. The van der Waals surface area contributed by atoms with Crippen molar-refractivity contribution in [3.8, 4) is 22.3 Å². The highest BCUT2D eigenvalue weighted by Gasteiger charge is 2.34. The molecule has 12 rings (SSSR count). The van der Waals surface area contributed by atoms with Crippen molar-refractivity contribution in [1.82, 2.24) is 18.8 Å². The normalized spacial score (nSPS) is 12.5. The van der Waals surface area contributed by atoms with E-state index < -0.39 is 10.0 Å². The van der Waals surface area contributed by atoms with Crippen molar-refractivity contribution in [3.05, 3.63) is 194 Å². The molecule has 0 amide bonds. The molecule has 4 aromatic heterocycles. The zero-order valence-electron chi connectivity index (χ0n) is 30.5. The van der Waals surface area contributed by atoms with Gasteiger partial charge in [-0.25, -0.2) is 9.97 Å². The van der Waals surface area contributed by atoms with Crippen molar-refractivity contribution in [2.45, 2.75) is 19.6 Å². The lowest BCUT2D eigenvalue weighted by molar-refractivity contribution is 1.24. The minimum atomic E-state index is -1.98. The Morgan fingerprint density at radius 2 is 0.737 bits per heavy atom. The van der Waals surface area contributed by atoms with Crippen LogP contribution in [0.25, 0.3) is 74.7 Å². The molecule has 0 bridgehead atoms. The largest absolute Gasteiger partial charge is 0.283 e. The van der Waals surface area contributed by atoms with Crippen LogP contribution in [0.4, 0.5) is 0 Å². The lowest BCUT2D eigenvalue weighted by Crippen LogP contribution is -2.05. The topological polar surface area (TPSA) is 34.6 Å². The molecule has 4 heterocycles. The van der Waals surface area contributed by atoms with Crippen molar-refractivity contribution in [2.24, 2.45) is 0 Å². The molecule has 8 aromatic carbocycles. The molecule has 12 aromatic rings. The molecule has 0 aliphatic heterocycles. The van der Waals surface area contributed by atoms with E-state index >= 15 is 0 Å². The first-order valence-corrected chi connectivity index (χ1v) is 22.2. The number of para-hydroxylation sites is 2. The van der Waals surface area contributed by atoms with Crippen molar-refractivity contribution in [3.63, 3.8) is 0 Å². The Morgan fingerprint density at radius 1 is 0.333 bits per heavy atom. The molecule has 0 saturated heterocycles. The van der Waals surface area contributed by atoms with E-state index in [0.29, 0.717) is 0 Å². The molecular weight excluding hydrogens is 753 g/mol. The van der Waals surface area contributed by atoms with Crippen LogP contribution in [0.15, 0.2) is 214 Å². The average molecular weight is 785 g/mol. The number of fused-ring (bicyclic) bond motifs is 10. The summed E-state index contributed by atoms with van der Waals surface area (Å²) in [5.74, 6) is 0. The van der Waals surface area contributed by atoms with Gasteiger partial charge in [-0.2, -0.15) is 0 Å². The van der Waals surface area contributed by atoms with Gasteiger partial charge in [-0.15, -0.1) is 10.0 Å². The summed E-state index contributed by atoms with van der Waals surface area (Å²) >= 11 is 3.48. The van der Waals surface area contributed by atoms with Gasteiger partial charge < -0.3 is 0 Å². The van der Waals surface area contributed by atoms with E-state index in [1.54, 1.807) is 22.7 Å². The molecule has 4 nitrogen and oxygen atoms in total. The zero-order valence-corrected chi connectivity index (χ0v) is 32.9. The van der Waals surface area contributed by atoms with Crippen LogP contribution in [0, 0.1) is 0 Å². The van der Waals surface area contributed by atoms with E-state index in [0.717, 1.165) is 32.0 Å². The quantitative estimate of drug-likeness (QED) is 0.168. The SMILES string of the molecule is c1ccc(S(c2ccccc2)(c2cccc(-c3ccc4nc5sc6ccccc6n5c4c3)c2)c2cccc(-c3ccc4nc5sc6ccccc6n5c4c3)c2)cc1. The highest BCUT2D eigenvalue weighted by atomic mass is 32.3. The number of hydrogen-bond acceptors (Lipinski definition) is 4. The fourth-order valence-electron chi connectivity index (χ4n) is 8.52. The van der Waals surface area contributed by atoms with E-state index in [4.69, 9.17) is 9.97 Å². The predicted molar refractivity (Wildman–Crippen MR) is 241 cm³/mol. The maximum atomic E-state index is 5.02. The zero-order chi connectivity index (χ0) is 37.5. The molecule has 0 atom stereocenters. The number of benzene rings is 8. The highest BCUT2D eigenvalue weighted by molar-refractivity contribution is 8.34. The summed E-state index contributed by atoms with van der Waals surface area (Å²) in [4.78, 5) is 17.2. The molecular formula is C50H32N4S3. The Kier molecular flexibility index (Phi) is 7.32. The second kappa shape index (κ2) is 12.8. The van der Waals surface area contributed by atoms with E-state index in [2.05, 4.69) is 203 Å². The molecule has 57 heavy (non-hydrogen) atoms. The Morgan fingerprint density at radius 3 is 1.21 bits per heavy atom. The second-order valence-electron chi connectivity index (χ2n) is 14.3. The first kappa shape index (κ1) is 32.7. The summed E-state index contributed by atoms with van der Waals surface area (Å²) in [7, 11) is -1.98. The Bertz CT molecular complexity index is 3250. The minimum absolute atomic E-state index is 1.01. The van der Waals surface area contributed by atoms with Crippen LogP contribution in [-0.4, -0.2) is 18.8 Å². The lowest BCUT2D eigenvalue weighted by Gasteiger charge is -2.42. The predicted octanol–water partition coefficient (Wildman–Crippen LogP) is 14.4. The third-order valence-electron chi connectivity index (χ3n) is 11.1. The maximum absolute atomic E-state index is 5.02. The lowest BCUT2D eigenvalue weighted by atomic mass is 10.1. The fourth-order valence-corrected chi connectivity index (χ4v) is 14.5. The van der Waals surface area contributed by atoms with Crippen LogP contribution < -0.4 is 0 Å². The summed E-state index contributed by atoms with van der Waals surface area (Å²) in [5, 5.41) is 0. The molecule has 7 heteroatoms. The van der Waals surface area contributed by atoms with Crippen LogP contribution in [0.2, 0.25) is 0 Å². The van der Waals surface area contributed by atoms with Crippen LogP contribution in [0.3, 0.4) is 0 Å². The molecule has 0 spiro atoms. The summed E-state index contributed by atoms with van der Waals surface area (Å²) in [6, 6.07) is 71.3. The molecule has 0 aliphatic carbocycles. The van der Waals surface area contributed by atoms with Crippen LogP contribution >= 0.6 is 32.7 Å². The van der Waals surface area contributed by atoms with Gasteiger partial charge in [0.05, 0.1) is 42.5 Å². The molecule has 270 valence electrons. The van der Waals surface area contributed by atoms with E-state index in [1.165, 1.54) is 62.3 Å². The van der Waals surface area contributed by atoms with Crippen molar-refractivity contribution in [1.29, 1.82) is 0 Å². The van der Waals surface area contributed by atoms with Gasteiger partial charge >= 0.3 is 0 Å². The molecule has 0 saturated carbocycles. The second-order valence-corrected chi connectivity index (χ2v) is 19.4. The third-order valence-corrected chi connectivity index (χ3v) is 17.0. The van der Waals surface area contributed by atoms with Gasteiger partial charge in [-0.3, -0.25) is 8.80 Å². The number of imidazole rings is 2. The van der Waals surface area contributed by atoms with Gasteiger partial charge in [0.25, 0.3) is 0 Å². The number of hydrogen-bond donors (Lipinski definition) is 0. The summed E-state index contributed by atoms with van der Waals surface area (Å²) < 4.78 is 7.11. The van der Waals surface area contributed by atoms with Crippen molar-refractivity contribution < 1.29 is 0 Å². The van der Waals surface area contributed by atoms with Gasteiger partial charge in [0, 0.05) is 19.6 Å². The van der Waals surface area contributed by atoms with E-state index in [-0.39, 0.29) is 0 Å². The first-order chi connectivity index (χ1) is 28.2. The van der Waals surface area contributed by atoms with Crippen LogP contribution in [0.1, 0.15) is 0 Å². The van der Waals surface area contributed by atoms with Gasteiger partial charge in [0.2, 0.25) is 0 Å². The number of aromatic nitrogens is 4. The summed E-state index contributed by atoms with van der Waals surface area (Å²) in [5.41, 5.74) is 11.4. The standard InChI is InChI=1S/C50H32N4S3/c1-3-15-37(16-4-1)57(38-17-5-2-6-18-38,39-19-11-13-33(29-39)35-25-27-41-45(31-35)53-43-21-7-9-23-47(43)55-49(53)51-41)40-20-12-14-34(30-40)36-26-28-42-46(32-36)54-44-22-8-10-24-48(44)56-50(54)52-42/h1-32H. The molecule has 0 aliphatic rings. The fraction of sp³-hybridized carbons (Fsp3) is 0. The summed E-state index contributed by atoms with van der Waals surface area (Å²) in [6.07, 6.45) is 0. The average Bonchev–Trinajstić information content (AvgIpc) is 4.02. The van der Waals surface area contributed by atoms with Gasteiger partial charge in [-0.1, -0.05) is 120 Å². The van der Waals surface area contributed by atoms with Crippen LogP contribution in [-0.2, 0) is 0 Å². The van der Waals surface area contributed by atoms with Gasteiger partial charge in [-0.05, 0) is 119 Å². The van der Waals surface area contributed by atoms with Crippen molar-refractivity contribution >= 4 is 85.1 Å². The molecule has 0 fully saturated rings. The van der Waals surface area contributed by atoms with Crippen LogP contribution in [0.5, 0.6) is 0 Å². The molecule has 0 radical (unpaired) electrons. The van der Waals surface area contributed by atoms with Gasteiger partial charge in [0.1, 0.15) is 0 Å². The smallest absolute Gasteiger partial charge is 0.195 e. The number of rotatable bonds is 6. The Balaban J connectivity index is 1.07. The third kappa shape index (κ3) is 4.99. The highest BCUT2D eigenvalue weighted by Crippen LogP contribution is 2.73. The van der Waals surface area contributed by atoms with Crippen molar-refractivity contribution in [2.75, 3.05) is 0 Å². The first-order valence-electron chi connectivity index (χ1n) is 19.0. The molecule has 0 N–H and O–H groups in total. The number of nitrogens with zero attached hydrogens (tertiary/aromatic N) is 4. The van der Waals surface area contributed by atoms with E-state index in [1.807, 2.05) is 0 Å². The van der Waals surface area contributed by atoms with Gasteiger partial charge in [0.15, 0.2) is 9.92 Å². The maximum Gasteiger partial charge on any atom is 0.195 e. The number of thiazole rings is 2. The Labute approximate surface area is 337 Å². The molecule has 0 unspecified atom stereocenters. The summed E-state index contributed by atoms with van der Waals surface area (Å²) in [6.45, 7) is 0. The Hall–Kier alpha value is -6.51.